The maximum absolute atomic E-state index is 12.1. The minimum Gasteiger partial charge on any atom is -0.494 e. The van der Waals surface area contributed by atoms with Crippen molar-refractivity contribution >= 4 is 35.1 Å². The molecule has 1 amide bonds. The molecule has 5 nitrogen and oxygen atoms in total. The Morgan fingerprint density at radius 3 is 2.20 bits per heavy atom. The quantitative estimate of drug-likeness (QED) is 0.895. The third-order valence-electron chi connectivity index (χ3n) is 3.43. The molecule has 0 radical (unpaired) electrons. The zero-order chi connectivity index (χ0) is 14.9. The smallest absolute Gasteiger partial charge is 0.329 e. The molecule has 0 atom stereocenters. The van der Waals surface area contributed by atoms with E-state index in [1.807, 2.05) is 0 Å². The van der Waals surface area contributed by atoms with Crippen LogP contribution < -0.4 is 10.1 Å². The molecule has 0 aromatic heterocycles. The van der Waals surface area contributed by atoms with Gasteiger partial charge in [-0.15, -0.1) is 0 Å². The highest BCUT2D eigenvalue weighted by atomic mass is 35.5. The van der Waals surface area contributed by atoms with Crippen molar-refractivity contribution in [2.45, 2.75) is 24.8 Å². The van der Waals surface area contributed by atoms with Crippen LogP contribution in [0.2, 0.25) is 10.0 Å². The van der Waals surface area contributed by atoms with Gasteiger partial charge in [-0.25, -0.2) is 4.79 Å². The molecule has 20 heavy (non-hydrogen) atoms. The van der Waals surface area contributed by atoms with E-state index in [2.05, 4.69) is 5.32 Å². The Morgan fingerprint density at radius 2 is 1.85 bits per heavy atom. The van der Waals surface area contributed by atoms with Crippen molar-refractivity contribution in [3.05, 3.63) is 27.7 Å². The van der Waals surface area contributed by atoms with Crippen LogP contribution >= 0.6 is 23.2 Å². The number of rotatable bonds is 4. The van der Waals surface area contributed by atoms with Crippen LogP contribution in [0.15, 0.2) is 12.1 Å². The fraction of sp³-hybridized carbons (Fsp3) is 0.385. The molecule has 2 N–H and O–H groups in total. The van der Waals surface area contributed by atoms with Crippen molar-refractivity contribution in [3.63, 3.8) is 0 Å². The third-order valence-corrected chi connectivity index (χ3v) is 4.00. The van der Waals surface area contributed by atoms with Crippen LogP contribution in [-0.4, -0.2) is 29.6 Å². The van der Waals surface area contributed by atoms with E-state index in [0.29, 0.717) is 12.8 Å². The van der Waals surface area contributed by atoms with Gasteiger partial charge in [-0.2, -0.15) is 0 Å². The molecule has 1 fully saturated rings. The molecule has 0 heterocycles. The van der Waals surface area contributed by atoms with Crippen LogP contribution in [0.5, 0.6) is 5.75 Å². The number of hydrogen-bond donors (Lipinski definition) is 2. The molecule has 0 saturated heterocycles. The maximum atomic E-state index is 12.1. The number of carbonyl (C=O) groups excluding carboxylic acids is 1. The maximum Gasteiger partial charge on any atom is 0.329 e. The third kappa shape index (κ3) is 2.55. The zero-order valence-corrected chi connectivity index (χ0v) is 12.2. The molecule has 0 unspecified atom stereocenters. The number of carbonyl (C=O) groups is 2. The second-order valence-corrected chi connectivity index (χ2v) is 5.48. The van der Waals surface area contributed by atoms with Gasteiger partial charge in [-0.1, -0.05) is 23.2 Å². The predicted octanol–water partition coefficient (Wildman–Crippen LogP) is 2.74. The van der Waals surface area contributed by atoms with Crippen molar-refractivity contribution < 1.29 is 19.4 Å². The highest BCUT2D eigenvalue weighted by Gasteiger charge is 2.45. The Bertz CT molecular complexity index is 546. The summed E-state index contributed by atoms with van der Waals surface area (Å²) in [6.07, 6.45) is 1.62. The molecule has 2 rings (SSSR count). The van der Waals surface area contributed by atoms with Crippen LogP contribution in [0.25, 0.3) is 0 Å². The normalized spacial score (nSPS) is 16.1. The van der Waals surface area contributed by atoms with Gasteiger partial charge in [-0.3, -0.25) is 4.79 Å². The van der Waals surface area contributed by atoms with Gasteiger partial charge < -0.3 is 15.2 Å². The van der Waals surface area contributed by atoms with E-state index in [0.717, 1.165) is 6.42 Å². The van der Waals surface area contributed by atoms with Crippen LogP contribution in [0.1, 0.15) is 29.6 Å². The average Bonchev–Trinajstić information content (AvgIpc) is 2.32. The number of methoxy groups -OCH3 is 1. The SMILES string of the molecule is COc1c(Cl)cc(C(=O)NC2(C(=O)O)CCC2)cc1Cl. The van der Waals surface area contributed by atoms with Gasteiger partial charge in [-0.05, 0) is 31.4 Å². The van der Waals surface area contributed by atoms with Gasteiger partial charge >= 0.3 is 5.97 Å². The lowest BCUT2D eigenvalue weighted by Crippen LogP contribution is -2.59. The Balaban J connectivity index is 2.24. The summed E-state index contributed by atoms with van der Waals surface area (Å²) < 4.78 is 4.99. The summed E-state index contributed by atoms with van der Waals surface area (Å²) in [6.45, 7) is 0. The molecule has 7 heteroatoms. The first-order chi connectivity index (χ1) is 9.39. The summed E-state index contributed by atoms with van der Waals surface area (Å²) in [6, 6.07) is 2.80. The molecule has 1 aromatic rings. The van der Waals surface area contributed by atoms with E-state index in [4.69, 9.17) is 27.9 Å². The second-order valence-electron chi connectivity index (χ2n) is 4.67. The molecular formula is C13H13Cl2NO4. The van der Waals surface area contributed by atoms with Crippen molar-refractivity contribution in [1.82, 2.24) is 5.32 Å². The second kappa shape index (κ2) is 5.50. The van der Waals surface area contributed by atoms with Gasteiger partial charge in [0.15, 0.2) is 5.75 Å². The first kappa shape index (κ1) is 14.9. The number of aliphatic carboxylic acids is 1. The highest BCUT2D eigenvalue weighted by Crippen LogP contribution is 2.35. The Morgan fingerprint density at radius 1 is 1.30 bits per heavy atom. The molecule has 0 bridgehead atoms. The number of halogens is 2. The predicted molar refractivity (Wildman–Crippen MR) is 74.7 cm³/mol. The van der Waals surface area contributed by atoms with Gasteiger partial charge in [0.05, 0.1) is 17.2 Å². The molecule has 1 aromatic carbocycles. The summed E-state index contributed by atoms with van der Waals surface area (Å²) >= 11 is 11.9. The molecule has 1 saturated carbocycles. The minimum absolute atomic E-state index is 0.197. The zero-order valence-electron chi connectivity index (χ0n) is 10.7. The molecule has 108 valence electrons. The molecule has 0 aliphatic heterocycles. The van der Waals surface area contributed by atoms with Crippen molar-refractivity contribution in [2.24, 2.45) is 0 Å². The van der Waals surface area contributed by atoms with E-state index in [1.165, 1.54) is 19.2 Å². The lowest BCUT2D eigenvalue weighted by molar-refractivity contribution is -0.148. The fourth-order valence-corrected chi connectivity index (χ4v) is 2.74. The van der Waals surface area contributed by atoms with Gasteiger partial charge in [0, 0.05) is 5.56 Å². The average molecular weight is 318 g/mol. The minimum atomic E-state index is -1.17. The van der Waals surface area contributed by atoms with Crippen LogP contribution in [0.3, 0.4) is 0 Å². The van der Waals surface area contributed by atoms with Gasteiger partial charge in [0.2, 0.25) is 0 Å². The standard InChI is InChI=1S/C13H13Cl2NO4/c1-20-10-8(14)5-7(6-9(10)15)11(17)16-13(12(18)19)3-2-4-13/h5-6H,2-4H2,1H3,(H,16,17)(H,18,19). The summed E-state index contributed by atoms with van der Waals surface area (Å²) in [7, 11) is 1.42. The lowest BCUT2D eigenvalue weighted by Gasteiger charge is -2.38. The van der Waals surface area contributed by atoms with Crippen LogP contribution in [0.4, 0.5) is 0 Å². The number of amides is 1. The topological polar surface area (TPSA) is 75.6 Å². The largest absolute Gasteiger partial charge is 0.494 e. The van der Waals surface area contributed by atoms with E-state index < -0.39 is 17.4 Å². The summed E-state index contributed by atoms with van der Waals surface area (Å²) in [5.41, 5.74) is -0.969. The van der Waals surface area contributed by atoms with Gasteiger partial charge in [0.25, 0.3) is 5.91 Å². The number of carboxylic acids is 1. The van der Waals surface area contributed by atoms with Crippen molar-refractivity contribution in [3.8, 4) is 5.75 Å². The first-order valence-corrected chi connectivity index (χ1v) is 6.74. The van der Waals surface area contributed by atoms with Crippen molar-refractivity contribution in [1.29, 1.82) is 0 Å². The Hall–Kier alpha value is -1.46. The monoisotopic (exact) mass is 317 g/mol. The lowest BCUT2D eigenvalue weighted by atomic mass is 9.76. The highest BCUT2D eigenvalue weighted by molar-refractivity contribution is 6.37. The Kier molecular flexibility index (Phi) is 4.11. The number of ether oxygens (including phenoxy) is 1. The summed E-state index contributed by atoms with van der Waals surface area (Å²) in [5, 5.41) is 12.1. The number of carboxylic acid groups (broad SMARTS) is 1. The molecule has 1 aliphatic rings. The number of benzene rings is 1. The molecule has 1 aliphatic carbocycles. The van der Waals surface area contributed by atoms with Crippen molar-refractivity contribution in [2.75, 3.05) is 7.11 Å². The first-order valence-electron chi connectivity index (χ1n) is 5.98. The summed E-state index contributed by atoms with van der Waals surface area (Å²) in [5.74, 6) is -1.26. The molecule has 0 spiro atoms. The molecular weight excluding hydrogens is 305 g/mol. The van der Waals surface area contributed by atoms with Crippen LogP contribution in [0, 0.1) is 0 Å². The van der Waals surface area contributed by atoms with E-state index in [-0.39, 0.29) is 21.4 Å². The summed E-state index contributed by atoms with van der Waals surface area (Å²) in [4.78, 5) is 23.3. The number of nitrogens with one attached hydrogen (secondary N) is 1. The van der Waals surface area contributed by atoms with E-state index >= 15 is 0 Å². The fourth-order valence-electron chi connectivity index (χ4n) is 2.10. The van der Waals surface area contributed by atoms with Gasteiger partial charge in [0.1, 0.15) is 5.54 Å². The number of hydrogen-bond acceptors (Lipinski definition) is 3. The van der Waals surface area contributed by atoms with E-state index in [1.54, 1.807) is 0 Å². The van der Waals surface area contributed by atoms with E-state index in [9.17, 15) is 14.7 Å². The Labute approximate surface area is 125 Å². The van der Waals surface area contributed by atoms with Crippen LogP contribution in [-0.2, 0) is 4.79 Å².